The zero-order valence-corrected chi connectivity index (χ0v) is 14.3. The molecule has 0 saturated heterocycles. The monoisotopic (exact) mass is 343 g/mol. The smallest absolute Gasteiger partial charge is 0.247 e. The van der Waals surface area contributed by atoms with Crippen LogP contribution in [0.1, 0.15) is 30.0 Å². The van der Waals surface area contributed by atoms with E-state index in [1.807, 2.05) is 50.1 Å². The largest absolute Gasteiger partial charge is 0.419 e. The molecule has 0 amide bonds. The highest BCUT2D eigenvalue weighted by Gasteiger charge is 2.17. The van der Waals surface area contributed by atoms with Gasteiger partial charge in [-0.25, -0.2) is 8.78 Å². The van der Waals surface area contributed by atoms with Crippen molar-refractivity contribution >= 4 is 0 Å². The van der Waals surface area contributed by atoms with E-state index in [0.29, 0.717) is 23.9 Å². The van der Waals surface area contributed by atoms with Gasteiger partial charge in [0.25, 0.3) is 0 Å². The highest BCUT2D eigenvalue weighted by Crippen LogP contribution is 2.24. The third-order valence-electron chi connectivity index (χ3n) is 4.20. The van der Waals surface area contributed by atoms with Crippen molar-refractivity contribution in [1.82, 2.24) is 15.1 Å². The Morgan fingerprint density at radius 1 is 1.08 bits per heavy atom. The molecule has 1 atom stereocenters. The molecule has 0 bridgehead atoms. The van der Waals surface area contributed by atoms with E-state index in [1.165, 1.54) is 6.07 Å². The molecular formula is C19H19F2N3O. The van der Waals surface area contributed by atoms with Crippen LogP contribution in [-0.4, -0.2) is 22.1 Å². The van der Waals surface area contributed by atoms with Gasteiger partial charge in [0.1, 0.15) is 0 Å². The second-order valence-electron chi connectivity index (χ2n) is 6.14. The predicted molar refractivity (Wildman–Crippen MR) is 90.7 cm³/mol. The molecule has 3 aromatic rings. The van der Waals surface area contributed by atoms with Crippen molar-refractivity contribution in [2.45, 2.75) is 26.4 Å². The van der Waals surface area contributed by atoms with Gasteiger partial charge in [0.15, 0.2) is 11.6 Å². The second-order valence-corrected chi connectivity index (χ2v) is 6.14. The molecule has 0 aliphatic heterocycles. The highest BCUT2D eigenvalue weighted by atomic mass is 19.2. The SMILES string of the molecule is Cc1cccc(-c2nnc(CN(C)C(C)c3ccc(F)c(F)c3)o2)c1. The maximum Gasteiger partial charge on any atom is 0.247 e. The van der Waals surface area contributed by atoms with Crippen LogP contribution in [0.25, 0.3) is 11.5 Å². The number of aromatic nitrogens is 2. The average molecular weight is 343 g/mol. The quantitative estimate of drug-likeness (QED) is 0.683. The molecule has 1 heterocycles. The molecule has 4 nitrogen and oxygen atoms in total. The van der Waals surface area contributed by atoms with Crippen molar-refractivity contribution < 1.29 is 13.2 Å². The van der Waals surface area contributed by atoms with Gasteiger partial charge in [0.05, 0.1) is 6.54 Å². The Morgan fingerprint density at radius 3 is 2.60 bits per heavy atom. The molecule has 0 aliphatic rings. The van der Waals surface area contributed by atoms with Gasteiger partial charge in [0.2, 0.25) is 11.8 Å². The summed E-state index contributed by atoms with van der Waals surface area (Å²) in [5, 5.41) is 8.16. The molecule has 25 heavy (non-hydrogen) atoms. The van der Waals surface area contributed by atoms with Gasteiger partial charge in [-0.2, -0.15) is 0 Å². The lowest BCUT2D eigenvalue weighted by molar-refractivity contribution is 0.228. The van der Waals surface area contributed by atoms with Crippen molar-refractivity contribution in [3.05, 3.63) is 71.1 Å². The van der Waals surface area contributed by atoms with Gasteiger partial charge >= 0.3 is 0 Å². The minimum atomic E-state index is -0.850. The Balaban J connectivity index is 1.72. The lowest BCUT2D eigenvalue weighted by Crippen LogP contribution is -2.22. The van der Waals surface area contributed by atoms with Crippen molar-refractivity contribution in [1.29, 1.82) is 0 Å². The van der Waals surface area contributed by atoms with Crippen molar-refractivity contribution in [3.63, 3.8) is 0 Å². The summed E-state index contributed by atoms with van der Waals surface area (Å²) in [5.74, 6) is -0.767. The molecule has 2 aromatic carbocycles. The van der Waals surface area contributed by atoms with Crippen molar-refractivity contribution in [2.24, 2.45) is 0 Å². The third-order valence-corrected chi connectivity index (χ3v) is 4.20. The summed E-state index contributed by atoms with van der Waals surface area (Å²) in [6, 6.07) is 11.6. The van der Waals surface area contributed by atoms with Gasteiger partial charge in [-0.3, -0.25) is 4.90 Å². The molecule has 0 N–H and O–H groups in total. The maximum atomic E-state index is 13.4. The van der Waals surface area contributed by atoms with Gasteiger partial charge in [-0.05, 0) is 50.7 Å². The fraction of sp³-hybridized carbons (Fsp3) is 0.263. The molecule has 1 aromatic heterocycles. The summed E-state index contributed by atoms with van der Waals surface area (Å²) in [5.41, 5.74) is 2.66. The summed E-state index contributed by atoms with van der Waals surface area (Å²) in [4.78, 5) is 1.93. The molecule has 0 saturated carbocycles. The number of rotatable bonds is 5. The molecule has 130 valence electrons. The van der Waals surface area contributed by atoms with Gasteiger partial charge in [0, 0.05) is 11.6 Å². The summed E-state index contributed by atoms with van der Waals surface area (Å²) in [7, 11) is 1.86. The molecule has 6 heteroatoms. The molecule has 0 fully saturated rings. The predicted octanol–water partition coefficient (Wildman–Crippen LogP) is 4.52. The van der Waals surface area contributed by atoms with Crippen LogP contribution in [0, 0.1) is 18.6 Å². The third kappa shape index (κ3) is 3.91. The minimum Gasteiger partial charge on any atom is -0.419 e. The first-order chi connectivity index (χ1) is 11.9. The zero-order valence-electron chi connectivity index (χ0n) is 14.3. The number of hydrogen-bond acceptors (Lipinski definition) is 4. The summed E-state index contributed by atoms with van der Waals surface area (Å²) in [6.07, 6.45) is 0. The Labute approximate surface area is 145 Å². The van der Waals surface area contributed by atoms with Gasteiger partial charge in [-0.15, -0.1) is 10.2 Å². The van der Waals surface area contributed by atoms with Gasteiger partial charge < -0.3 is 4.42 Å². The highest BCUT2D eigenvalue weighted by molar-refractivity contribution is 5.53. The van der Waals surface area contributed by atoms with E-state index in [-0.39, 0.29) is 6.04 Å². The molecular weight excluding hydrogens is 324 g/mol. The Bertz CT molecular complexity index is 879. The van der Waals surface area contributed by atoms with Crippen LogP contribution in [0.15, 0.2) is 46.9 Å². The van der Waals surface area contributed by atoms with Crippen LogP contribution >= 0.6 is 0 Å². The van der Waals surface area contributed by atoms with E-state index in [9.17, 15) is 8.78 Å². The lowest BCUT2D eigenvalue weighted by atomic mass is 10.1. The second kappa shape index (κ2) is 7.11. The Kier molecular flexibility index (Phi) is 4.90. The molecule has 3 rings (SSSR count). The number of aryl methyl sites for hydroxylation is 1. The topological polar surface area (TPSA) is 42.2 Å². The molecule has 0 aliphatic carbocycles. The van der Waals surface area contributed by atoms with Crippen molar-refractivity contribution in [3.8, 4) is 11.5 Å². The van der Waals surface area contributed by atoms with Crippen LogP contribution in [0.5, 0.6) is 0 Å². The normalized spacial score (nSPS) is 12.6. The van der Waals surface area contributed by atoms with Crippen LogP contribution in [-0.2, 0) is 6.54 Å². The van der Waals surface area contributed by atoms with E-state index in [0.717, 1.165) is 17.2 Å². The lowest BCUT2D eigenvalue weighted by Gasteiger charge is -2.23. The first-order valence-corrected chi connectivity index (χ1v) is 7.98. The first-order valence-electron chi connectivity index (χ1n) is 7.98. The van der Waals surface area contributed by atoms with Crippen LogP contribution in [0.3, 0.4) is 0 Å². The average Bonchev–Trinajstić information content (AvgIpc) is 3.05. The number of halogens is 2. The Hall–Kier alpha value is -2.60. The Morgan fingerprint density at radius 2 is 1.88 bits per heavy atom. The summed E-state index contributed by atoms with van der Waals surface area (Å²) < 4.78 is 32.2. The van der Waals surface area contributed by atoms with Crippen LogP contribution in [0.4, 0.5) is 8.78 Å². The fourth-order valence-corrected chi connectivity index (χ4v) is 2.59. The van der Waals surface area contributed by atoms with Crippen LogP contribution in [0.2, 0.25) is 0 Å². The van der Waals surface area contributed by atoms with E-state index >= 15 is 0 Å². The van der Waals surface area contributed by atoms with Crippen molar-refractivity contribution in [2.75, 3.05) is 7.05 Å². The molecule has 0 radical (unpaired) electrons. The summed E-state index contributed by atoms with van der Waals surface area (Å²) >= 11 is 0. The number of hydrogen-bond donors (Lipinski definition) is 0. The molecule has 1 unspecified atom stereocenters. The minimum absolute atomic E-state index is 0.135. The zero-order chi connectivity index (χ0) is 18.0. The van der Waals surface area contributed by atoms with E-state index in [4.69, 9.17) is 4.42 Å². The maximum absolute atomic E-state index is 13.4. The first kappa shape index (κ1) is 17.2. The van der Waals surface area contributed by atoms with E-state index < -0.39 is 11.6 Å². The van der Waals surface area contributed by atoms with E-state index in [2.05, 4.69) is 10.2 Å². The summed E-state index contributed by atoms with van der Waals surface area (Å²) in [6.45, 7) is 4.31. The van der Waals surface area contributed by atoms with Gasteiger partial charge in [-0.1, -0.05) is 23.8 Å². The van der Waals surface area contributed by atoms with E-state index in [1.54, 1.807) is 6.07 Å². The standard InChI is InChI=1S/C19H19F2N3O/c1-12-5-4-6-15(9-12)19-23-22-18(25-19)11-24(3)13(2)14-7-8-16(20)17(21)10-14/h4-10,13H,11H2,1-3H3. The fourth-order valence-electron chi connectivity index (χ4n) is 2.59. The number of nitrogens with zero attached hydrogens (tertiary/aromatic N) is 3. The molecule has 0 spiro atoms. The number of benzene rings is 2. The van der Waals surface area contributed by atoms with Crippen LogP contribution < -0.4 is 0 Å².